The lowest BCUT2D eigenvalue weighted by atomic mass is 9.72. The second-order valence-electron chi connectivity index (χ2n) is 9.60. The number of sulfonamides is 1. The molecule has 2 aromatic carbocycles. The standard InChI is InChI=1S/C27H40N2O4S/c1-7-9-17-27(18-10-8-2)26(30)25(20-11-14-22(33-6)15-12-20)23-19-21(28(3)4)13-16-24(23)34(31,32)29(27)5/h11-16,19,25-26,30H,7-10,17-18H2,1-6H3. The third-order valence-electron chi connectivity index (χ3n) is 7.38. The molecule has 1 N–H and O–H groups in total. The fraction of sp³-hybridized carbons (Fsp3) is 0.556. The Morgan fingerprint density at radius 2 is 1.62 bits per heavy atom. The van der Waals surface area contributed by atoms with Crippen molar-refractivity contribution < 1.29 is 18.3 Å². The molecule has 0 radical (unpaired) electrons. The Hall–Kier alpha value is -2.09. The van der Waals surface area contributed by atoms with Gasteiger partial charge in [0.15, 0.2) is 0 Å². The fourth-order valence-corrected chi connectivity index (χ4v) is 7.01. The summed E-state index contributed by atoms with van der Waals surface area (Å²) in [5, 5.41) is 12.2. The van der Waals surface area contributed by atoms with Crippen molar-refractivity contribution in [3.05, 3.63) is 53.6 Å². The quantitative estimate of drug-likeness (QED) is 0.537. The van der Waals surface area contributed by atoms with Crippen LogP contribution in [0, 0.1) is 0 Å². The number of aliphatic hydroxyl groups is 1. The molecule has 6 nitrogen and oxygen atoms in total. The van der Waals surface area contributed by atoms with Crippen molar-refractivity contribution >= 4 is 15.7 Å². The highest BCUT2D eigenvalue weighted by Gasteiger charge is 2.53. The minimum absolute atomic E-state index is 0.273. The van der Waals surface area contributed by atoms with Crippen LogP contribution >= 0.6 is 0 Å². The molecular formula is C27H40N2O4S. The summed E-state index contributed by atoms with van der Waals surface area (Å²) >= 11 is 0. The van der Waals surface area contributed by atoms with Gasteiger partial charge < -0.3 is 14.7 Å². The summed E-state index contributed by atoms with van der Waals surface area (Å²) in [5.41, 5.74) is 1.53. The van der Waals surface area contributed by atoms with Gasteiger partial charge in [-0.15, -0.1) is 0 Å². The third kappa shape index (κ3) is 4.70. The molecule has 0 bridgehead atoms. The largest absolute Gasteiger partial charge is 0.497 e. The first-order valence-electron chi connectivity index (χ1n) is 12.3. The second-order valence-corrected chi connectivity index (χ2v) is 11.5. The molecule has 0 saturated carbocycles. The van der Waals surface area contributed by atoms with Gasteiger partial charge in [-0.3, -0.25) is 0 Å². The van der Waals surface area contributed by atoms with E-state index in [-0.39, 0.29) is 4.90 Å². The van der Waals surface area contributed by atoms with Crippen molar-refractivity contribution in [3.8, 4) is 5.75 Å². The topological polar surface area (TPSA) is 70.1 Å². The molecule has 0 aliphatic carbocycles. The Balaban J connectivity index is 2.35. The van der Waals surface area contributed by atoms with Crippen LogP contribution in [0.15, 0.2) is 47.4 Å². The monoisotopic (exact) mass is 488 g/mol. The maximum absolute atomic E-state index is 14.1. The normalized spacial score (nSPS) is 21.5. The van der Waals surface area contributed by atoms with Gasteiger partial charge in [-0.25, -0.2) is 8.42 Å². The lowest BCUT2D eigenvalue weighted by molar-refractivity contribution is -0.00313. The van der Waals surface area contributed by atoms with Gasteiger partial charge in [0, 0.05) is 32.7 Å². The van der Waals surface area contributed by atoms with Crippen LogP contribution in [0.2, 0.25) is 0 Å². The molecule has 1 aliphatic rings. The van der Waals surface area contributed by atoms with Gasteiger partial charge >= 0.3 is 0 Å². The maximum Gasteiger partial charge on any atom is 0.243 e. The van der Waals surface area contributed by atoms with Crippen LogP contribution in [0.3, 0.4) is 0 Å². The van der Waals surface area contributed by atoms with Crippen molar-refractivity contribution in [2.24, 2.45) is 0 Å². The van der Waals surface area contributed by atoms with Crippen LogP contribution in [-0.2, 0) is 10.0 Å². The molecule has 3 rings (SSSR count). The zero-order chi connectivity index (χ0) is 25.1. The number of hydrogen-bond donors (Lipinski definition) is 1. The smallest absolute Gasteiger partial charge is 0.243 e. The number of hydrogen-bond acceptors (Lipinski definition) is 5. The highest BCUT2D eigenvalue weighted by atomic mass is 32.2. The van der Waals surface area contributed by atoms with Gasteiger partial charge in [-0.05, 0) is 54.3 Å². The van der Waals surface area contributed by atoms with Crippen molar-refractivity contribution in [1.29, 1.82) is 0 Å². The summed E-state index contributed by atoms with van der Waals surface area (Å²) in [6.45, 7) is 4.20. The number of likely N-dealkylation sites (N-methyl/N-ethyl adjacent to an activating group) is 1. The number of nitrogens with zero attached hydrogens (tertiary/aromatic N) is 2. The lowest BCUT2D eigenvalue weighted by Gasteiger charge is -2.45. The molecule has 0 aromatic heterocycles. The first-order chi connectivity index (χ1) is 16.1. The molecule has 2 atom stereocenters. The van der Waals surface area contributed by atoms with Crippen LogP contribution in [-0.4, -0.2) is 57.7 Å². The summed E-state index contributed by atoms with van der Waals surface area (Å²) < 4.78 is 34.9. The van der Waals surface area contributed by atoms with Crippen LogP contribution in [0.25, 0.3) is 0 Å². The second kappa shape index (κ2) is 10.7. The zero-order valence-corrected chi connectivity index (χ0v) is 22.2. The van der Waals surface area contributed by atoms with Gasteiger partial charge in [0.05, 0.1) is 23.6 Å². The Bertz CT molecular complexity index is 1060. The number of unbranched alkanes of at least 4 members (excludes halogenated alkanes) is 2. The summed E-state index contributed by atoms with van der Waals surface area (Å²) in [4.78, 5) is 2.23. The number of benzene rings is 2. The van der Waals surface area contributed by atoms with E-state index in [1.807, 2.05) is 55.4 Å². The predicted octanol–water partition coefficient (Wildman–Crippen LogP) is 5.01. The molecular weight excluding hydrogens is 448 g/mol. The molecule has 0 saturated heterocycles. The average Bonchev–Trinajstić information content (AvgIpc) is 2.88. The van der Waals surface area contributed by atoms with Crippen LogP contribution in [0.4, 0.5) is 5.69 Å². The summed E-state index contributed by atoms with van der Waals surface area (Å²) in [6.07, 6.45) is 3.87. The van der Waals surface area contributed by atoms with Crippen molar-refractivity contribution in [2.75, 3.05) is 33.2 Å². The van der Waals surface area contributed by atoms with Crippen LogP contribution in [0.1, 0.15) is 69.4 Å². The summed E-state index contributed by atoms with van der Waals surface area (Å²) in [7, 11) is 3.32. The van der Waals surface area contributed by atoms with Crippen molar-refractivity contribution in [1.82, 2.24) is 4.31 Å². The lowest BCUT2D eigenvalue weighted by Crippen LogP contribution is -2.57. The van der Waals surface area contributed by atoms with Gasteiger partial charge in [-0.2, -0.15) is 4.31 Å². The first-order valence-corrected chi connectivity index (χ1v) is 13.7. The van der Waals surface area contributed by atoms with E-state index in [0.29, 0.717) is 18.4 Å². The fourth-order valence-electron chi connectivity index (χ4n) is 5.22. The molecule has 7 heteroatoms. The zero-order valence-electron chi connectivity index (χ0n) is 21.4. The van der Waals surface area contributed by atoms with Crippen molar-refractivity contribution in [3.63, 3.8) is 0 Å². The van der Waals surface area contributed by atoms with Gasteiger partial charge in [0.2, 0.25) is 10.0 Å². The highest BCUT2D eigenvalue weighted by Crippen LogP contribution is 2.48. The maximum atomic E-state index is 14.1. The molecule has 0 fully saturated rings. The Morgan fingerprint density at radius 1 is 1.03 bits per heavy atom. The molecule has 2 aromatic rings. The number of rotatable bonds is 9. The van der Waals surface area contributed by atoms with E-state index in [4.69, 9.17) is 4.74 Å². The Kier molecular flexibility index (Phi) is 8.32. The number of aliphatic hydroxyl groups excluding tert-OH is 1. The number of ether oxygens (including phenoxy) is 1. The highest BCUT2D eigenvalue weighted by molar-refractivity contribution is 7.89. The van der Waals surface area contributed by atoms with E-state index in [1.54, 1.807) is 20.2 Å². The van der Waals surface area contributed by atoms with Gasteiger partial charge in [0.25, 0.3) is 0 Å². The Labute approximate surface area is 205 Å². The predicted molar refractivity (Wildman–Crippen MR) is 138 cm³/mol. The Morgan fingerprint density at radius 3 is 2.12 bits per heavy atom. The summed E-state index contributed by atoms with van der Waals surface area (Å²) in [5.74, 6) is 0.233. The average molecular weight is 489 g/mol. The van der Waals surface area contributed by atoms with E-state index in [1.165, 1.54) is 4.31 Å². The molecule has 1 heterocycles. The van der Waals surface area contributed by atoms with E-state index in [2.05, 4.69) is 13.8 Å². The molecule has 0 amide bonds. The number of anilines is 1. The number of methoxy groups -OCH3 is 1. The minimum Gasteiger partial charge on any atom is -0.497 e. The van der Waals surface area contributed by atoms with Crippen LogP contribution < -0.4 is 9.64 Å². The molecule has 1 aliphatic heterocycles. The third-order valence-corrected chi connectivity index (χ3v) is 9.39. The molecule has 0 spiro atoms. The first kappa shape index (κ1) is 26.5. The molecule has 2 unspecified atom stereocenters. The van der Waals surface area contributed by atoms with E-state index >= 15 is 0 Å². The van der Waals surface area contributed by atoms with Gasteiger partial charge in [0.1, 0.15) is 5.75 Å². The molecule has 34 heavy (non-hydrogen) atoms. The van der Waals surface area contributed by atoms with E-state index < -0.39 is 27.6 Å². The minimum atomic E-state index is -3.82. The van der Waals surface area contributed by atoms with E-state index in [0.717, 1.165) is 42.7 Å². The number of fused-ring (bicyclic) bond motifs is 1. The van der Waals surface area contributed by atoms with Crippen LogP contribution in [0.5, 0.6) is 5.75 Å². The van der Waals surface area contributed by atoms with E-state index in [9.17, 15) is 13.5 Å². The summed E-state index contributed by atoms with van der Waals surface area (Å²) in [6, 6.07) is 13.1. The van der Waals surface area contributed by atoms with Gasteiger partial charge in [-0.1, -0.05) is 51.7 Å². The van der Waals surface area contributed by atoms with Crippen molar-refractivity contribution in [2.45, 2.75) is 74.8 Å². The SMILES string of the molecule is CCCCC1(CCCC)C(O)C(c2ccc(OC)cc2)c2cc(N(C)C)ccc2S(=O)(=O)N1C. The molecule has 188 valence electrons.